The topological polar surface area (TPSA) is 122 Å². The molecule has 192 valence electrons. The molecule has 0 radical (unpaired) electrons. The maximum Gasteiger partial charge on any atom is 0.254 e. The number of carbonyl (C=O) groups excluding carboxylic acids is 1. The molecule has 4 aromatic rings. The van der Waals surface area contributed by atoms with Gasteiger partial charge < -0.3 is 29.9 Å². The van der Waals surface area contributed by atoms with Gasteiger partial charge in [-0.2, -0.15) is 5.10 Å². The quantitative estimate of drug-likeness (QED) is 0.319. The zero-order valence-electron chi connectivity index (χ0n) is 20.7. The van der Waals surface area contributed by atoms with Gasteiger partial charge in [0.05, 0.1) is 44.4 Å². The van der Waals surface area contributed by atoms with Crippen molar-refractivity contribution in [3.05, 3.63) is 66.6 Å². The van der Waals surface area contributed by atoms with E-state index in [1.54, 1.807) is 48.3 Å². The van der Waals surface area contributed by atoms with E-state index >= 15 is 0 Å². The Morgan fingerprint density at radius 3 is 2.70 bits per heavy atom. The van der Waals surface area contributed by atoms with Crippen LogP contribution in [-0.2, 0) is 11.3 Å². The van der Waals surface area contributed by atoms with Crippen molar-refractivity contribution in [2.45, 2.75) is 18.8 Å². The van der Waals surface area contributed by atoms with E-state index in [1.165, 1.54) is 0 Å². The zero-order valence-corrected chi connectivity index (χ0v) is 20.7. The van der Waals surface area contributed by atoms with E-state index in [0.29, 0.717) is 35.9 Å². The summed E-state index contributed by atoms with van der Waals surface area (Å²) >= 11 is 0. The van der Waals surface area contributed by atoms with Crippen LogP contribution in [0.15, 0.2) is 61.1 Å². The Hall–Kier alpha value is -3.99. The molecule has 1 fully saturated rings. The third kappa shape index (κ3) is 5.26. The van der Waals surface area contributed by atoms with E-state index in [1.807, 2.05) is 36.5 Å². The first-order valence-corrected chi connectivity index (χ1v) is 12.0. The minimum atomic E-state index is -0.855. The van der Waals surface area contributed by atoms with Gasteiger partial charge in [0, 0.05) is 49.1 Å². The van der Waals surface area contributed by atoms with Gasteiger partial charge in [-0.3, -0.25) is 9.48 Å². The van der Waals surface area contributed by atoms with Gasteiger partial charge in [-0.15, -0.1) is 0 Å². The lowest BCUT2D eigenvalue weighted by molar-refractivity contribution is -0.0192. The molecular formula is C27H29N5O5. The molecule has 1 aliphatic rings. The van der Waals surface area contributed by atoms with E-state index in [-0.39, 0.29) is 25.2 Å². The molecule has 0 saturated carbocycles. The van der Waals surface area contributed by atoms with Crippen LogP contribution in [0, 0.1) is 0 Å². The Bertz CT molecular complexity index is 1420. The van der Waals surface area contributed by atoms with Crippen molar-refractivity contribution in [2.24, 2.45) is 0 Å². The number of benzene rings is 2. The average Bonchev–Trinajstić information content (AvgIpc) is 3.36. The number of amides is 1. The van der Waals surface area contributed by atoms with Crippen LogP contribution < -0.4 is 10.1 Å². The van der Waals surface area contributed by atoms with Crippen LogP contribution >= 0.6 is 0 Å². The highest BCUT2D eigenvalue weighted by atomic mass is 16.5. The monoisotopic (exact) mass is 503 g/mol. The van der Waals surface area contributed by atoms with Crippen LogP contribution in [-0.4, -0.2) is 81.9 Å². The predicted octanol–water partition coefficient (Wildman–Crippen LogP) is 2.67. The number of fused-ring (bicyclic) bond motifs is 1. The predicted molar refractivity (Wildman–Crippen MR) is 139 cm³/mol. The number of nitrogens with zero attached hydrogens (tertiary/aromatic N) is 4. The standard InChI is InChI=1S/C27H29N5O5/c1-36-23-14-31(15-23)27(35)18-5-6-24(25(8-18)37-2)30-26-9-20-7-17(3-4-19(20)10-28-26)21-11-29-32(12-21)13-22(34)16-33/h3-12,22-23,33-34H,13-16H2,1-2H3,(H,28,30). The first-order chi connectivity index (χ1) is 18.0. The minimum absolute atomic E-state index is 0.0521. The van der Waals surface area contributed by atoms with Gasteiger partial charge in [0.1, 0.15) is 11.6 Å². The Labute approximate surface area is 214 Å². The molecule has 37 heavy (non-hydrogen) atoms. The van der Waals surface area contributed by atoms with Crippen molar-refractivity contribution in [3.8, 4) is 16.9 Å². The molecule has 3 N–H and O–H groups in total. The highest BCUT2D eigenvalue weighted by Gasteiger charge is 2.31. The van der Waals surface area contributed by atoms with Gasteiger partial charge in [-0.25, -0.2) is 4.98 Å². The number of ether oxygens (including phenoxy) is 2. The number of methoxy groups -OCH3 is 2. The van der Waals surface area contributed by atoms with Gasteiger partial charge in [0.2, 0.25) is 0 Å². The summed E-state index contributed by atoms with van der Waals surface area (Å²) in [4.78, 5) is 19.0. The molecule has 1 amide bonds. The van der Waals surface area contributed by atoms with E-state index in [9.17, 15) is 9.90 Å². The third-order valence-corrected chi connectivity index (χ3v) is 6.48. The largest absolute Gasteiger partial charge is 0.495 e. The van der Waals surface area contributed by atoms with Crippen molar-refractivity contribution in [2.75, 3.05) is 39.2 Å². The number of aliphatic hydroxyl groups is 2. The fourth-order valence-corrected chi connectivity index (χ4v) is 4.28. The van der Waals surface area contributed by atoms with E-state index in [4.69, 9.17) is 14.6 Å². The molecule has 1 unspecified atom stereocenters. The molecule has 1 aliphatic heterocycles. The normalized spacial score (nSPS) is 14.4. The maximum atomic E-state index is 12.7. The number of rotatable bonds is 9. The Balaban J connectivity index is 1.35. The second-order valence-corrected chi connectivity index (χ2v) is 9.03. The summed E-state index contributed by atoms with van der Waals surface area (Å²) in [5, 5.41) is 28.3. The van der Waals surface area contributed by atoms with Crippen LogP contribution in [0.4, 0.5) is 11.5 Å². The number of likely N-dealkylation sites (tertiary alicyclic amines) is 1. The summed E-state index contributed by atoms with van der Waals surface area (Å²) in [6, 6.07) is 13.3. The third-order valence-electron chi connectivity index (χ3n) is 6.48. The highest BCUT2D eigenvalue weighted by Crippen LogP contribution is 2.31. The molecule has 0 bridgehead atoms. The number of nitrogens with one attached hydrogen (secondary N) is 1. The summed E-state index contributed by atoms with van der Waals surface area (Å²) < 4.78 is 12.4. The molecule has 1 saturated heterocycles. The van der Waals surface area contributed by atoms with Crippen molar-refractivity contribution in [3.63, 3.8) is 0 Å². The van der Waals surface area contributed by atoms with Gasteiger partial charge in [0.15, 0.2) is 0 Å². The van der Waals surface area contributed by atoms with Crippen molar-refractivity contribution in [1.29, 1.82) is 0 Å². The Morgan fingerprint density at radius 2 is 1.95 bits per heavy atom. The average molecular weight is 504 g/mol. The lowest BCUT2D eigenvalue weighted by atomic mass is 10.0. The summed E-state index contributed by atoms with van der Waals surface area (Å²) in [6.07, 6.45) is 4.61. The first kappa shape index (κ1) is 24.7. The van der Waals surface area contributed by atoms with Crippen molar-refractivity contribution >= 4 is 28.2 Å². The molecule has 0 aliphatic carbocycles. The number of pyridine rings is 1. The minimum Gasteiger partial charge on any atom is -0.495 e. The van der Waals surface area contributed by atoms with Gasteiger partial charge in [0.25, 0.3) is 5.91 Å². The van der Waals surface area contributed by atoms with Gasteiger partial charge in [-0.05, 0) is 41.3 Å². The number of aromatic nitrogens is 3. The molecule has 2 aromatic heterocycles. The second kappa shape index (κ2) is 10.6. The highest BCUT2D eigenvalue weighted by molar-refractivity contribution is 5.96. The van der Waals surface area contributed by atoms with E-state index in [2.05, 4.69) is 15.4 Å². The maximum absolute atomic E-state index is 12.7. The first-order valence-electron chi connectivity index (χ1n) is 12.0. The smallest absolute Gasteiger partial charge is 0.254 e. The summed E-state index contributed by atoms with van der Waals surface area (Å²) in [6.45, 7) is 1.09. The Kier molecular flexibility index (Phi) is 7.04. The molecule has 5 rings (SSSR count). The summed E-state index contributed by atoms with van der Waals surface area (Å²) in [5.74, 6) is 1.13. The number of hydrogen-bond acceptors (Lipinski definition) is 8. The lowest BCUT2D eigenvalue weighted by Crippen LogP contribution is -2.54. The molecule has 3 heterocycles. The molecule has 10 heteroatoms. The SMILES string of the molecule is COc1cc(C(=O)N2CC(OC)C2)ccc1Nc1cc2cc(-c3cnn(CC(O)CO)c3)ccc2cn1. The van der Waals surface area contributed by atoms with Crippen LogP contribution in [0.25, 0.3) is 21.9 Å². The number of anilines is 2. The molecular weight excluding hydrogens is 474 g/mol. The lowest BCUT2D eigenvalue weighted by Gasteiger charge is -2.38. The van der Waals surface area contributed by atoms with E-state index < -0.39 is 6.10 Å². The molecule has 2 aromatic carbocycles. The van der Waals surface area contributed by atoms with Gasteiger partial charge in [-0.1, -0.05) is 12.1 Å². The van der Waals surface area contributed by atoms with Crippen LogP contribution in [0.5, 0.6) is 5.75 Å². The van der Waals surface area contributed by atoms with Crippen molar-refractivity contribution < 1.29 is 24.5 Å². The van der Waals surface area contributed by atoms with Crippen LogP contribution in [0.2, 0.25) is 0 Å². The fourth-order valence-electron chi connectivity index (χ4n) is 4.28. The number of aliphatic hydroxyl groups excluding tert-OH is 2. The van der Waals surface area contributed by atoms with Crippen LogP contribution in [0.1, 0.15) is 10.4 Å². The van der Waals surface area contributed by atoms with E-state index in [0.717, 1.165) is 21.9 Å². The van der Waals surface area contributed by atoms with Crippen LogP contribution in [0.3, 0.4) is 0 Å². The zero-order chi connectivity index (χ0) is 25.9. The Morgan fingerprint density at radius 1 is 1.11 bits per heavy atom. The summed E-state index contributed by atoms with van der Waals surface area (Å²) in [5.41, 5.74) is 3.13. The number of carbonyl (C=O) groups is 1. The van der Waals surface area contributed by atoms with Crippen molar-refractivity contribution in [1.82, 2.24) is 19.7 Å². The summed E-state index contributed by atoms with van der Waals surface area (Å²) in [7, 11) is 3.22. The molecule has 10 nitrogen and oxygen atoms in total. The van der Waals surface area contributed by atoms with Gasteiger partial charge >= 0.3 is 0 Å². The molecule has 1 atom stereocenters. The second-order valence-electron chi connectivity index (χ2n) is 9.03. The fraction of sp³-hybridized carbons (Fsp3) is 0.296. The molecule has 0 spiro atoms. The number of hydrogen-bond donors (Lipinski definition) is 3.